The van der Waals surface area contributed by atoms with E-state index in [2.05, 4.69) is 4.74 Å². The molecule has 0 saturated heterocycles. The number of nitrogens with zero attached hydrogens (tertiary/aromatic N) is 1. The minimum Gasteiger partial charge on any atom is -0.469 e. The number of hydrogen-bond donors (Lipinski definition) is 0. The van der Waals surface area contributed by atoms with Gasteiger partial charge in [-0.15, -0.1) is 0 Å². The first kappa shape index (κ1) is 15.6. The maximum atomic E-state index is 11.7. The average Bonchev–Trinajstić information content (AvgIpc) is 2.49. The smallest absolute Gasteiger partial charge is 0.307 e. The number of ketones is 1. The molecule has 0 saturated carbocycles. The normalized spacial score (nSPS) is 10.3. The van der Waals surface area contributed by atoms with Crippen LogP contribution in [0.1, 0.15) is 12.0 Å². The topological polar surface area (TPSA) is 63.7 Å². The molecule has 0 aliphatic carbocycles. The van der Waals surface area contributed by atoms with E-state index in [0.29, 0.717) is 0 Å². The van der Waals surface area contributed by atoms with E-state index in [9.17, 15) is 14.4 Å². The Morgan fingerprint density at radius 1 is 1.20 bits per heavy atom. The zero-order chi connectivity index (χ0) is 15.0. The van der Waals surface area contributed by atoms with Gasteiger partial charge < -0.3 is 9.64 Å². The van der Waals surface area contributed by atoms with Crippen molar-refractivity contribution in [2.75, 3.05) is 20.7 Å². The number of likely N-dealkylation sites (N-methyl/N-ethyl adjacent to an activating group) is 1. The lowest BCUT2D eigenvalue weighted by molar-refractivity contribution is -0.144. The maximum absolute atomic E-state index is 11.7. The summed E-state index contributed by atoms with van der Waals surface area (Å²) in [4.78, 5) is 35.6. The van der Waals surface area contributed by atoms with Gasteiger partial charge in [0.15, 0.2) is 0 Å². The van der Waals surface area contributed by atoms with Crippen LogP contribution in [0.3, 0.4) is 0 Å². The van der Waals surface area contributed by atoms with Gasteiger partial charge in [-0.05, 0) is 11.6 Å². The molecule has 0 aliphatic rings. The molecule has 0 radical (unpaired) electrons. The van der Waals surface area contributed by atoms with Crippen LogP contribution >= 0.6 is 0 Å². The molecule has 0 aromatic heterocycles. The molecule has 106 valence electrons. The average molecular weight is 275 g/mol. The van der Waals surface area contributed by atoms with Gasteiger partial charge in [0.1, 0.15) is 0 Å². The summed E-state index contributed by atoms with van der Waals surface area (Å²) >= 11 is 0. The van der Waals surface area contributed by atoms with Gasteiger partial charge in [0.2, 0.25) is 5.78 Å². The van der Waals surface area contributed by atoms with E-state index in [1.807, 2.05) is 30.3 Å². The van der Waals surface area contributed by atoms with E-state index in [4.69, 9.17) is 0 Å². The van der Waals surface area contributed by atoms with Crippen LogP contribution in [0.25, 0.3) is 6.08 Å². The quantitative estimate of drug-likeness (QED) is 0.446. The van der Waals surface area contributed by atoms with Gasteiger partial charge in [0.05, 0.1) is 13.5 Å². The van der Waals surface area contributed by atoms with Crippen LogP contribution in [0.2, 0.25) is 0 Å². The van der Waals surface area contributed by atoms with Crippen LogP contribution in [0.5, 0.6) is 0 Å². The molecule has 20 heavy (non-hydrogen) atoms. The standard InChI is InChI=1S/C15H17NO4/c1-16(11-10-14(18)20-2)15(19)13(17)9-8-12-6-4-3-5-7-12/h3-9H,10-11H2,1-2H3/b9-8+. The molecule has 1 aromatic carbocycles. The number of hydrogen-bond acceptors (Lipinski definition) is 4. The summed E-state index contributed by atoms with van der Waals surface area (Å²) in [6.45, 7) is 0.149. The van der Waals surface area contributed by atoms with Crippen LogP contribution in [0, 0.1) is 0 Å². The highest BCUT2D eigenvalue weighted by atomic mass is 16.5. The summed E-state index contributed by atoms with van der Waals surface area (Å²) in [5, 5.41) is 0. The van der Waals surface area contributed by atoms with E-state index < -0.39 is 17.7 Å². The van der Waals surface area contributed by atoms with Crippen LogP contribution in [-0.2, 0) is 19.1 Å². The van der Waals surface area contributed by atoms with Gasteiger partial charge in [-0.2, -0.15) is 0 Å². The van der Waals surface area contributed by atoms with Crippen molar-refractivity contribution in [3.05, 3.63) is 42.0 Å². The molecule has 0 heterocycles. The van der Waals surface area contributed by atoms with Gasteiger partial charge in [-0.1, -0.05) is 36.4 Å². The lowest BCUT2D eigenvalue weighted by atomic mass is 10.2. The highest BCUT2D eigenvalue weighted by Gasteiger charge is 2.16. The predicted molar refractivity (Wildman–Crippen MR) is 74.8 cm³/mol. The second kappa shape index (κ2) is 7.89. The Morgan fingerprint density at radius 3 is 2.45 bits per heavy atom. The van der Waals surface area contributed by atoms with Gasteiger partial charge in [0, 0.05) is 13.6 Å². The maximum Gasteiger partial charge on any atom is 0.307 e. The molecule has 0 spiro atoms. The van der Waals surface area contributed by atoms with Crippen molar-refractivity contribution in [3.63, 3.8) is 0 Å². The molecule has 0 atom stereocenters. The summed E-state index contributed by atoms with van der Waals surface area (Å²) in [6.07, 6.45) is 2.87. The van der Waals surface area contributed by atoms with Crippen molar-refractivity contribution in [2.24, 2.45) is 0 Å². The molecular formula is C15H17NO4. The summed E-state index contributed by atoms with van der Waals surface area (Å²) in [6, 6.07) is 9.21. The Balaban J connectivity index is 2.52. The first-order valence-electron chi connectivity index (χ1n) is 6.14. The Labute approximate surface area is 117 Å². The Hall–Kier alpha value is -2.43. The molecular weight excluding hydrogens is 258 g/mol. The summed E-state index contributed by atoms with van der Waals surface area (Å²) in [5.74, 6) is -1.70. The molecule has 1 rings (SSSR count). The Bertz CT molecular complexity index is 508. The SMILES string of the molecule is COC(=O)CCN(C)C(=O)C(=O)/C=C/c1ccccc1. The number of carbonyl (C=O) groups is 3. The molecule has 0 unspecified atom stereocenters. The number of carbonyl (C=O) groups excluding carboxylic acids is 3. The summed E-state index contributed by atoms with van der Waals surface area (Å²) in [7, 11) is 2.75. The minimum absolute atomic E-state index is 0.0639. The number of methoxy groups -OCH3 is 1. The highest BCUT2D eigenvalue weighted by Crippen LogP contribution is 2.01. The van der Waals surface area contributed by atoms with Crippen LogP contribution in [-0.4, -0.2) is 43.3 Å². The van der Waals surface area contributed by atoms with E-state index in [1.54, 1.807) is 6.08 Å². The molecule has 0 fully saturated rings. The second-order valence-electron chi connectivity index (χ2n) is 4.16. The van der Waals surface area contributed by atoms with Crippen LogP contribution in [0.15, 0.2) is 36.4 Å². The lowest BCUT2D eigenvalue weighted by Crippen LogP contribution is -2.34. The molecule has 1 aromatic rings. The number of esters is 1. The zero-order valence-corrected chi connectivity index (χ0v) is 11.5. The highest BCUT2D eigenvalue weighted by molar-refractivity contribution is 6.41. The molecule has 0 N–H and O–H groups in total. The van der Waals surface area contributed by atoms with Crippen molar-refractivity contribution in [1.29, 1.82) is 0 Å². The molecule has 0 aliphatic heterocycles. The summed E-state index contributed by atoms with van der Waals surface area (Å²) < 4.78 is 4.47. The Kier molecular flexibility index (Phi) is 6.16. The van der Waals surface area contributed by atoms with Crippen molar-refractivity contribution in [2.45, 2.75) is 6.42 Å². The third kappa shape index (κ3) is 5.06. The molecule has 5 nitrogen and oxygen atoms in total. The first-order chi connectivity index (χ1) is 9.54. The molecule has 1 amide bonds. The zero-order valence-electron chi connectivity index (χ0n) is 11.5. The fraction of sp³-hybridized carbons (Fsp3) is 0.267. The Morgan fingerprint density at radius 2 is 1.85 bits per heavy atom. The second-order valence-corrected chi connectivity index (χ2v) is 4.16. The number of rotatable bonds is 6. The van der Waals surface area contributed by atoms with E-state index >= 15 is 0 Å². The fourth-order valence-corrected chi connectivity index (χ4v) is 1.46. The van der Waals surface area contributed by atoms with Gasteiger partial charge in [-0.3, -0.25) is 14.4 Å². The number of amides is 1. The number of benzene rings is 1. The van der Waals surface area contributed by atoms with E-state index in [0.717, 1.165) is 5.56 Å². The van der Waals surface area contributed by atoms with E-state index in [1.165, 1.54) is 25.1 Å². The van der Waals surface area contributed by atoms with Crippen LogP contribution < -0.4 is 0 Å². The van der Waals surface area contributed by atoms with Crippen molar-refractivity contribution < 1.29 is 19.1 Å². The van der Waals surface area contributed by atoms with Crippen molar-refractivity contribution in [1.82, 2.24) is 4.90 Å². The predicted octanol–water partition coefficient (Wildman–Crippen LogP) is 1.29. The third-order valence-corrected chi connectivity index (χ3v) is 2.66. The number of ether oxygens (including phenoxy) is 1. The van der Waals surface area contributed by atoms with Gasteiger partial charge in [0.25, 0.3) is 5.91 Å². The van der Waals surface area contributed by atoms with Crippen LogP contribution in [0.4, 0.5) is 0 Å². The fourth-order valence-electron chi connectivity index (χ4n) is 1.46. The van der Waals surface area contributed by atoms with Gasteiger partial charge in [-0.25, -0.2) is 0 Å². The van der Waals surface area contributed by atoms with Gasteiger partial charge >= 0.3 is 5.97 Å². The molecule has 0 bridgehead atoms. The first-order valence-corrected chi connectivity index (χ1v) is 6.14. The molecule has 5 heteroatoms. The van der Waals surface area contributed by atoms with Crippen molar-refractivity contribution >= 4 is 23.7 Å². The lowest BCUT2D eigenvalue weighted by Gasteiger charge is -2.14. The van der Waals surface area contributed by atoms with Crippen molar-refractivity contribution in [3.8, 4) is 0 Å². The minimum atomic E-state index is -0.652. The largest absolute Gasteiger partial charge is 0.469 e. The third-order valence-electron chi connectivity index (χ3n) is 2.66. The summed E-state index contributed by atoms with van der Waals surface area (Å²) in [5.41, 5.74) is 0.839. The van der Waals surface area contributed by atoms with E-state index in [-0.39, 0.29) is 13.0 Å². The monoisotopic (exact) mass is 275 g/mol.